The molecular weight excluding hydrogens is 260 g/mol. The Hall–Kier alpha value is -0.840. The zero-order valence-electron chi connectivity index (χ0n) is 12.0. The van der Waals surface area contributed by atoms with Gasteiger partial charge in [0.1, 0.15) is 0 Å². The van der Waals surface area contributed by atoms with Gasteiger partial charge in [0.05, 0.1) is 17.1 Å². The van der Waals surface area contributed by atoms with E-state index in [2.05, 4.69) is 5.32 Å². The zero-order valence-corrected chi connectivity index (χ0v) is 12.9. The Kier molecular flexibility index (Phi) is 6.55. The van der Waals surface area contributed by atoms with Gasteiger partial charge < -0.3 is 15.8 Å². The Morgan fingerprint density at radius 1 is 1.26 bits per heavy atom. The van der Waals surface area contributed by atoms with Gasteiger partial charge in [-0.1, -0.05) is 58.2 Å². The SMILES string of the molecule is CC(C)COC(=O)NC1(C(N)=S)CCCCCCC1. The van der Waals surface area contributed by atoms with Crippen LogP contribution in [0.15, 0.2) is 0 Å². The van der Waals surface area contributed by atoms with Crippen molar-refractivity contribution in [2.24, 2.45) is 11.7 Å². The van der Waals surface area contributed by atoms with Crippen LogP contribution in [0.2, 0.25) is 0 Å². The Morgan fingerprint density at radius 3 is 2.26 bits per heavy atom. The van der Waals surface area contributed by atoms with Crippen LogP contribution in [0.4, 0.5) is 4.79 Å². The van der Waals surface area contributed by atoms with E-state index in [1.165, 1.54) is 19.3 Å². The molecule has 0 spiro atoms. The van der Waals surface area contributed by atoms with Crippen molar-refractivity contribution in [1.29, 1.82) is 0 Å². The molecule has 1 saturated carbocycles. The molecule has 19 heavy (non-hydrogen) atoms. The van der Waals surface area contributed by atoms with Crippen molar-refractivity contribution in [3.05, 3.63) is 0 Å². The average molecular weight is 286 g/mol. The predicted octanol–water partition coefficient (Wildman–Crippen LogP) is 3.14. The third kappa shape index (κ3) is 5.35. The maximum atomic E-state index is 11.9. The lowest BCUT2D eigenvalue weighted by Gasteiger charge is -2.35. The highest BCUT2D eigenvalue weighted by molar-refractivity contribution is 7.80. The summed E-state index contributed by atoms with van der Waals surface area (Å²) >= 11 is 5.19. The van der Waals surface area contributed by atoms with Gasteiger partial charge in [0, 0.05) is 0 Å². The summed E-state index contributed by atoms with van der Waals surface area (Å²) in [4.78, 5) is 12.3. The summed E-state index contributed by atoms with van der Waals surface area (Å²) in [6, 6.07) is 0. The van der Waals surface area contributed by atoms with Crippen LogP contribution in [0.5, 0.6) is 0 Å². The molecule has 0 atom stereocenters. The molecule has 0 aliphatic heterocycles. The highest BCUT2D eigenvalue weighted by Crippen LogP contribution is 2.27. The normalized spacial score (nSPS) is 19.3. The summed E-state index contributed by atoms with van der Waals surface area (Å²) < 4.78 is 5.19. The van der Waals surface area contributed by atoms with Crippen LogP contribution in [0, 0.1) is 5.92 Å². The Labute approximate surface area is 121 Å². The minimum absolute atomic E-state index is 0.323. The van der Waals surface area contributed by atoms with Gasteiger partial charge in [-0.3, -0.25) is 0 Å². The Morgan fingerprint density at radius 2 is 1.79 bits per heavy atom. The molecule has 0 aromatic heterocycles. The fourth-order valence-electron chi connectivity index (χ4n) is 2.42. The second kappa shape index (κ2) is 7.68. The van der Waals surface area contributed by atoms with Gasteiger partial charge >= 0.3 is 6.09 Å². The highest BCUT2D eigenvalue weighted by atomic mass is 32.1. The van der Waals surface area contributed by atoms with Gasteiger partial charge in [-0.15, -0.1) is 0 Å². The van der Waals surface area contributed by atoms with Crippen LogP contribution < -0.4 is 11.1 Å². The molecule has 1 aliphatic rings. The molecular formula is C14H26N2O2S. The molecule has 0 radical (unpaired) electrons. The van der Waals surface area contributed by atoms with Crippen molar-refractivity contribution >= 4 is 23.3 Å². The van der Waals surface area contributed by atoms with E-state index in [0.717, 1.165) is 25.7 Å². The molecule has 0 heterocycles. The number of hydrogen-bond acceptors (Lipinski definition) is 3. The van der Waals surface area contributed by atoms with Crippen molar-refractivity contribution in [2.75, 3.05) is 6.61 Å². The summed E-state index contributed by atoms with van der Waals surface area (Å²) in [5.74, 6) is 0.323. The molecule has 0 saturated heterocycles. The molecule has 5 heteroatoms. The molecule has 3 N–H and O–H groups in total. The smallest absolute Gasteiger partial charge is 0.407 e. The van der Waals surface area contributed by atoms with Gasteiger partial charge in [0.15, 0.2) is 0 Å². The summed E-state index contributed by atoms with van der Waals surface area (Å²) in [6.45, 7) is 4.43. The fourth-order valence-corrected chi connectivity index (χ4v) is 2.67. The van der Waals surface area contributed by atoms with Crippen LogP contribution in [0.1, 0.15) is 58.8 Å². The number of ether oxygens (including phenoxy) is 1. The molecule has 0 unspecified atom stereocenters. The molecule has 1 aliphatic carbocycles. The van der Waals surface area contributed by atoms with E-state index in [1.54, 1.807) is 0 Å². The van der Waals surface area contributed by atoms with E-state index < -0.39 is 11.6 Å². The van der Waals surface area contributed by atoms with Crippen LogP contribution in [-0.2, 0) is 4.74 Å². The third-order valence-corrected chi connectivity index (χ3v) is 3.96. The predicted molar refractivity (Wildman–Crippen MR) is 81.2 cm³/mol. The van der Waals surface area contributed by atoms with E-state index in [4.69, 9.17) is 22.7 Å². The second-order valence-corrected chi connectivity index (χ2v) is 6.27. The van der Waals surface area contributed by atoms with Crippen molar-refractivity contribution in [2.45, 2.75) is 64.3 Å². The van der Waals surface area contributed by atoms with Gasteiger partial charge in [-0.25, -0.2) is 4.79 Å². The maximum Gasteiger partial charge on any atom is 0.407 e. The Balaban J connectivity index is 2.63. The van der Waals surface area contributed by atoms with E-state index in [-0.39, 0.29) is 0 Å². The standard InChI is InChI=1S/C14H26N2O2S/c1-11(2)10-18-13(17)16-14(12(15)19)8-6-4-3-5-7-9-14/h11H,3-10H2,1-2H3,(H2,15,19)(H,16,17). The van der Waals surface area contributed by atoms with Crippen LogP contribution in [0.3, 0.4) is 0 Å². The number of carbonyl (C=O) groups excluding carboxylic acids is 1. The van der Waals surface area contributed by atoms with E-state index >= 15 is 0 Å². The minimum atomic E-state index is -0.552. The zero-order chi connectivity index (χ0) is 14.3. The molecule has 0 aromatic carbocycles. The maximum absolute atomic E-state index is 11.9. The lowest BCUT2D eigenvalue weighted by Crippen LogP contribution is -2.57. The molecule has 1 fully saturated rings. The topological polar surface area (TPSA) is 64.3 Å². The number of nitrogens with one attached hydrogen (secondary N) is 1. The number of nitrogens with two attached hydrogens (primary N) is 1. The van der Waals surface area contributed by atoms with Crippen LogP contribution in [0.25, 0.3) is 0 Å². The lowest BCUT2D eigenvalue weighted by atomic mass is 9.84. The summed E-state index contributed by atoms with van der Waals surface area (Å²) in [5.41, 5.74) is 5.34. The number of amides is 1. The summed E-state index contributed by atoms with van der Waals surface area (Å²) in [5, 5.41) is 2.93. The highest BCUT2D eigenvalue weighted by Gasteiger charge is 2.35. The number of thiocarbonyl (C=S) groups is 1. The quantitative estimate of drug-likeness (QED) is 0.779. The fraction of sp³-hybridized carbons (Fsp3) is 0.857. The molecule has 1 amide bonds. The number of hydrogen-bond donors (Lipinski definition) is 2. The van der Waals surface area contributed by atoms with Gasteiger partial charge in [0.2, 0.25) is 0 Å². The van der Waals surface area contributed by atoms with Crippen molar-refractivity contribution in [3.63, 3.8) is 0 Å². The second-order valence-electron chi connectivity index (χ2n) is 5.83. The monoisotopic (exact) mass is 286 g/mol. The Bertz CT molecular complexity index is 311. The van der Waals surface area contributed by atoms with Gasteiger partial charge in [0.25, 0.3) is 0 Å². The molecule has 1 rings (SSSR count). The van der Waals surface area contributed by atoms with Gasteiger partial charge in [-0.05, 0) is 18.8 Å². The molecule has 0 bridgehead atoms. The first-order valence-electron chi connectivity index (χ1n) is 7.21. The largest absolute Gasteiger partial charge is 0.449 e. The van der Waals surface area contributed by atoms with Crippen LogP contribution in [-0.4, -0.2) is 23.2 Å². The molecule has 110 valence electrons. The first-order chi connectivity index (χ1) is 8.96. The number of alkyl carbamates (subject to hydrolysis) is 1. The van der Waals surface area contributed by atoms with E-state index in [9.17, 15) is 4.79 Å². The van der Waals surface area contributed by atoms with Crippen LogP contribution >= 0.6 is 12.2 Å². The lowest BCUT2D eigenvalue weighted by molar-refractivity contribution is 0.123. The van der Waals surface area contributed by atoms with Crippen molar-refractivity contribution in [3.8, 4) is 0 Å². The van der Waals surface area contributed by atoms with E-state index in [1.807, 2.05) is 13.8 Å². The van der Waals surface area contributed by atoms with Crippen molar-refractivity contribution in [1.82, 2.24) is 5.32 Å². The number of carbonyl (C=O) groups is 1. The average Bonchev–Trinajstić information content (AvgIpc) is 2.30. The third-order valence-electron chi connectivity index (χ3n) is 3.57. The summed E-state index contributed by atoms with van der Waals surface area (Å²) in [6.07, 6.45) is 6.93. The molecule has 0 aromatic rings. The molecule has 4 nitrogen and oxygen atoms in total. The summed E-state index contributed by atoms with van der Waals surface area (Å²) in [7, 11) is 0. The van der Waals surface area contributed by atoms with Gasteiger partial charge in [-0.2, -0.15) is 0 Å². The van der Waals surface area contributed by atoms with E-state index in [0.29, 0.717) is 17.5 Å². The number of rotatable bonds is 4. The van der Waals surface area contributed by atoms with Crippen molar-refractivity contribution < 1.29 is 9.53 Å². The first kappa shape index (κ1) is 16.2. The minimum Gasteiger partial charge on any atom is -0.449 e. The first-order valence-corrected chi connectivity index (χ1v) is 7.62.